The summed E-state index contributed by atoms with van der Waals surface area (Å²) in [5.74, 6) is 0.419. The van der Waals surface area contributed by atoms with Gasteiger partial charge in [-0.25, -0.2) is 0 Å². The Balaban J connectivity index is 1.57. The third kappa shape index (κ3) is 4.12. The van der Waals surface area contributed by atoms with Crippen LogP contribution in [0.2, 0.25) is 0 Å². The molecule has 1 fully saturated rings. The van der Waals surface area contributed by atoms with Gasteiger partial charge in [-0.3, -0.25) is 9.59 Å². The Hall–Kier alpha value is -1.93. The lowest BCUT2D eigenvalue weighted by Crippen LogP contribution is -2.28. The lowest BCUT2D eigenvalue weighted by molar-refractivity contribution is -0.128. The van der Waals surface area contributed by atoms with Gasteiger partial charge in [0.15, 0.2) is 4.34 Å². The first-order valence-electron chi connectivity index (χ1n) is 7.74. The average Bonchev–Trinajstić information content (AvgIpc) is 3.16. The summed E-state index contributed by atoms with van der Waals surface area (Å²) >= 11 is 2.95. The molecule has 0 spiro atoms. The number of anilines is 1. The SMILES string of the molecule is CCSc1nnc(NC(=O)[C@H]2CC(=O)N(Cc3ccccc3)C2)s1. The molecule has 0 bridgehead atoms. The summed E-state index contributed by atoms with van der Waals surface area (Å²) in [6, 6.07) is 9.80. The second-order valence-electron chi connectivity index (χ2n) is 5.46. The summed E-state index contributed by atoms with van der Waals surface area (Å²) in [5.41, 5.74) is 1.07. The van der Waals surface area contributed by atoms with Gasteiger partial charge in [0.05, 0.1) is 5.92 Å². The highest BCUT2D eigenvalue weighted by atomic mass is 32.2. The van der Waals surface area contributed by atoms with Gasteiger partial charge in [-0.15, -0.1) is 10.2 Å². The maximum atomic E-state index is 12.4. The molecule has 2 heterocycles. The van der Waals surface area contributed by atoms with Crippen molar-refractivity contribution in [2.75, 3.05) is 17.6 Å². The van der Waals surface area contributed by atoms with Crippen molar-refractivity contribution < 1.29 is 9.59 Å². The maximum absolute atomic E-state index is 12.4. The summed E-state index contributed by atoms with van der Waals surface area (Å²) < 4.78 is 0.834. The normalized spacial score (nSPS) is 17.3. The molecule has 1 N–H and O–H groups in total. The standard InChI is InChI=1S/C16H18N4O2S2/c1-2-23-16-19-18-15(24-16)17-14(22)12-8-13(21)20(10-12)9-11-6-4-3-5-7-11/h3-7,12H,2,8-10H2,1H3,(H,17,18,22)/t12-/m0/s1. The molecule has 6 nitrogen and oxygen atoms in total. The molecule has 1 aromatic heterocycles. The number of amides is 2. The molecule has 2 amide bonds. The van der Waals surface area contributed by atoms with E-state index >= 15 is 0 Å². The number of carbonyl (C=O) groups excluding carboxylic acids is 2. The van der Waals surface area contributed by atoms with E-state index in [0.717, 1.165) is 15.7 Å². The molecule has 24 heavy (non-hydrogen) atoms. The number of nitrogens with one attached hydrogen (secondary N) is 1. The van der Waals surface area contributed by atoms with Crippen molar-refractivity contribution in [1.82, 2.24) is 15.1 Å². The lowest BCUT2D eigenvalue weighted by Gasteiger charge is -2.16. The van der Waals surface area contributed by atoms with Crippen molar-refractivity contribution in [1.29, 1.82) is 0 Å². The van der Waals surface area contributed by atoms with Crippen molar-refractivity contribution in [3.05, 3.63) is 35.9 Å². The Labute approximate surface area is 148 Å². The van der Waals surface area contributed by atoms with Crippen molar-refractivity contribution in [3.8, 4) is 0 Å². The molecule has 126 valence electrons. The third-order valence-electron chi connectivity index (χ3n) is 3.71. The fraction of sp³-hybridized carbons (Fsp3) is 0.375. The van der Waals surface area contributed by atoms with E-state index in [1.165, 1.54) is 11.3 Å². The highest BCUT2D eigenvalue weighted by Crippen LogP contribution is 2.27. The first-order chi connectivity index (χ1) is 11.7. The Kier molecular flexibility index (Phi) is 5.47. The minimum Gasteiger partial charge on any atom is -0.338 e. The number of thioether (sulfide) groups is 1. The van der Waals surface area contributed by atoms with Crippen LogP contribution >= 0.6 is 23.1 Å². The number of nitrogens with zero attached hydrogens (tertiary/aromatic N) is 3. The first-order valence-corrected chi connectivity index (χ1v) is 9.54. The number of carbonyl (C=O) groups is 2. The molecule has 0 saturated carbocycles. The zero-order valence-corrected chi connectivity index (χ0v) is 14.9. The molecule has 0 unspecified atom stereocenters. The molecule has 1 aliphatic rings. The zero-order chi connectivity index (χ0) is 16.9. The van der Waals surface area contributed by atoms with E-state index in [4.69, 9.17) is 0 Å². The van der Waals surface area contributed by atoms with Crippen molar-refractivity contribution in [2.24, 2.45) is 5.92 Å². The van der Waals surface area contributed by atoms with E-state index in [0.29, 0.717) is 18.2 Å². The number of benzene rings is 1. The monoisotopic (exact) mass is 362 g/mol. The van der Waals surface area contributed by atoms with Crippen LogP contribution in [0.5, 0.6) is 0 Å². The van der Waals surface area contributed by atoms with Gasteiger partial charge in [0.2, 0.25) is 16.9 Å². The Bertz CT molecular complexity index is 720. The van der Waals surface area contributed by atoms with Crippen molar-refractivity contribution >= 4 is 40.0 Å². The van der Waals surface area contributed by atoms with Crippen molar-refractivity contribution in [3.63, 3.8) is 0 Å². The Morgan fingerprint density at radius 2 is 2.17 bits per heavy atom. The zero-order valence-electron chi connectivity index (χ0n) is 13.3. The smallest absolute Gasteiger partial charge is 0.231 e. The van der Waals surface area contributed by atoms with E-state index in [1.54, 1.807) is 16.7 Å². The molecular formula is C16H18N4O2S2. The largest absolute Gasteiger partial charge is 0.338 e. The van der Waals surface area contributed by atoms with E-state index in [-0.39, 0.29) is 24.2 Å². The van der Waals surface area contributed by atoms with Crippen LogP contribution in [-0.2, 0) is 16.1 Å². The molecule has 1 saturated heterocycles. The second-order valence-corrected chi connectivity index (χ2v) is 7.94. The summed E-state index contributed by atoms with van der Waals surface area (Å²) in [6.07, 6.45) is 0.244. The maximum Gasteiger partial charge on any atom is 0.231 e. The molecule has 0 radical (unpaired) electrons. The minimum absolute atomic E-state index is 0.0125. The van der Waals surface area contributed by atoms with E-state index in [2.05, 4.69) is 15.5 Å². The van der Waals surface area contributed by atoms with E-state index in [1.807, 2.05) is 37.3 Å². The quantitative estimate of drug-likeness (QED) is 0.631. The van der Waals surface area contributed by atoms with Crippen LogP contribution < -0.4 is 5.32 Å². The number of rotatable bonds is 6. The van der Waals surface area contributed by atoms with Gasteiger partial charge in [-0.1, -0.05) is 60.4 Å². The van der Waals surface area contributed by atoms with Crippen LogP contribution in [0.3, 0.4) is 0 Å². The van der Waals surface area contributed by atoms with Crippen molar-refractivity contribution in [2.45, 2.75) is 24.2 Å². The number of likely N-dealkylation sites (tertiary alicyclic amines) is 1. The molecule has 8 heteroatoms. The molecule has 1 aliphatic heterocycles. The summed E-state index contributed by atoms with van der Waals surface area (Å²) in [6.45, 7) is 3.02. The molecule has 0 aliphatic carbocycles. The first kappa shape index (κ1) is 16.9. The topological polar surface area (TPSA) is 75.2 Å². The summed E-state index contributed by atoms with van der Waals surface area (Å²) in [5, 5.41) is 11.3. The second kappa shape index (κ2) is 7.76. The van der Waals surface area contributed by atoms with Gasteiger partial charge in [-0.05, 0) is 11.3 Å². The van der Waals surface area contributed by atoms with Crippen LogP contribution in [0.4, 0.5) is 5.13 Å². The fourth-order valence-corrected chi connectivity index (χ4v) is 4.21. The van der Waals surface area contributed by atoms with Crippen LogP contribution in [0.25, 0.3) is 0 Å². The number of hydrogen-bond acceptors (Lipinski definition) is 6. The Morgan fingerprint density at radius 1 is 1.38 bits per heavy atom. The van der Waals surface area contributed by atoms with Gasteiger partial charge >= 0.3 is 0 Å². The highest BCUT2D eigenvalue weighted by molar-refractivity contribution is 8.01. The van der Waals surface area contributed by atoms with Gasteiger partial charge in [0.1, 0.15) is 0 Å². The van der Waals surface area contributed by atoms with Crippen LogP contribution in [0, 0.1) is 5.92 Å². The average molecular weight is 362 g/mol. The molecule has 1 aromatic carbocycles. The molecular weight excluding hydrogens is 344 g/mol. The minimum atomic E-state index is -0.340. The lowest BCUT2D eigenvalue weighted by atomic mass is 10.1. The van der Waals surface area contributed by atoms with Crippen LogP contribution in [0.1, 0.15) is 18.9 Å². The summed E-state index contributed by atoms with van der Waals surface area (Å²) in [7, 11) is 0. The predicted molar refractivity (Wildman–Crippen MR) is 94.9 cm³/mol. The van der Waals surface area contributed by atoms with Gasteiger partial charge in [0.25, 0.3) is 0 Å². The van der Waals surface area contributed by atoms with E-state index in [9.17, 15) is 9.59 Å². The predicted octanol–water partition coefficient (Wildman–Crippen LogP) is 2.64. The molecule has 3 rings (SSSR count). The van der Waals surface area contributed by atoms with Crippen LogP contribution in [0.15, 0.2) is 34.7 Å². The summed E-state index contributed by atoms with van der Waals surface area (Å²) in [4.78, 5) is 26.3. The van der Waals surface area contributed by atoms with E-state index < -0.39 is 0 Å². The molecule has 2 aromatic rings. The number of aromatic nitrogens is 2. The van der Waals surface area contributed by atoms with Gasteiger partial charge in [-0.2, -0.15) is 0 Å². The fourth-order valence-electron chi connectivity index (χ4n) is 2.55. The number of hydrogen-bond donors (Lipinski definition) is 1. The van der Waals surface area contributed by atoms with Gasteiger partial charge in [0, 0.05) is 19.5 Å². The van der Waals surface area contributed by atoms with Gasteiger partial charge < -0.3 is 10.2 Å². The molecule has 1 atom stereocenters. The Morgan fingerprint density at radius 3 is 2.92 bits per heavy atom. The highest BCUT2D eigenvalue weighted by Gasteiger charge is 2.34. The third-order valence-corrected chi connectivity index (χ3v) is 5.56. The van der Waals surface area contributed by atoms with Crippen LogP contribution in [-0.4, -0.2) is 39.2 Å².